The molecular formula is C10H18O4. The van der Waals surface area contributed by atoms with Crippen LogP contribution in [0.25, 0.3) is 0 Å². The van der Waals surface area contributed by atoms with Gasteiger partial charge in [-0.05, 0) is 34.6 Å². The van der Waals surface area contributed by atoms with Gasteiger partial charge in [0.2, 0.25) is 0 Å². The topological polar surface area (TPSA) is 44.8 Å². The molecule has 0 radical (unpaired) electrons. The van der Waals surface area contributed by atoms with Crippen molar-refractivity contribution in [2.24, 2.45) is 0 Å². The molecule has 0 N–H and O–H groups in total. The molecule has 0 aromatic heterocycles. The van der Waals surface area contributed by atoms with Crippen LogP contribution in [-0.2, 0) is 19.3 Å². The second-order valence-electron chi connectivity index (χ2n) is 3.81. The summed E-state index contributed by atoms with van der Waals surface area (Å²) < 4.78 is 4.74. The third-order valence-electron chi connectivity index (χ3n) is 1.12. The zero-order valence-corrected chi connectivity index (χ0v) is 9.42. The van der Waals surface area contributed by atoms with E-state index in [2.05, 4.69) is 0 Å². The molecule has 0 rings (SSSR count). The summed E-state index contributed by atoms with van der Waals surface area (Å²) in [5, 5.41) is 0. The minimum atomic E-state index is -0.398. The number of rotatable bonds is 4. The summed E-state index contributed by atoms with van der Waals surface area (Å²) in [7, 11) is 0. The van der Waals surface area contributed by atoms with Gasteiger partial charge in [-0.15, -0.1) is 0 Å². The van der Waals surface area contributed by atoms with Crippen LogP contribution in [0.1, 0.15) is 34.6 Å². The van der Waals surface area contributed by atoms with Gasteiger partial charge in [-0.1, -0.05) is 0 Å². The predicted octanol–water partition coefficient (Wildman–Crippen LogP) is 2.20. The SMILES string of the molecule is CCOC(=O)C(C)=COOC(C)(C)C. The standard InChI is InChI=1S/C10H18O4/c1-6-12-9(11)8(2)7-13-14-10(3,4)5/h7H,6H2,1-5H3. The number of carbonyl (C=O) groups is 1. The Morgan fingerprint density at radius 1 is 1.36 bits per heavy atom. The first-order valence-corrected chi connectivity index (χ1v) is 4.55. The maximum Gasteiger partial charge on any atom is 0.336 e. The molecule has 0 saturated carbocycles. The average Bonchev–Trinajstić information content (AvgIpc) is 2.02. The molecule has 0 aromatic rings. The number of hydrogen-bond acceptors (Lipinski definition) is 4. The second kappa shape index (κ2) is 5.65. The van der Waals surface area contributed by atoms with Gasteiger partial charge in [-0.2, -0.15) is 4.89 Å². The highest BCUT2D eigenvalue weighted by Crippen LogP contribution is 2.08. The van der Waals surface area contributed by atoms with Gasteiger partial charge >= 0.3 is 5.97 Å². The van der Waals surface area contributed by atoms with E-state index in [1.54, 1.807) is 13.8 Å². The summed E-state index contributed by atoms with van der Waals surface area (Å²) in [6.07, 6.45) is 1.24. The summed E-state index contributed by atoms with van der Waals surface area (Å²) in [6.45, 7) is 9.24. The van der Waals surface area contributed by atoms with Gasteiger partial charge in [0.05, 0.1) is 12.2 Å². The molecule has 0 bridgehead atoms. The van der Waals surface area contributed by atoms with E-state index in [0.717, 1.165) is 0 Å². The van der Waals surface area contributed by atoms with E-state index < -0.39 is 11.6 Å². The molecule has 0 atom stereocenters. The Balaban J connectivity index is 3.94. The van der Waals surface area contributed by atoms with Gasteiger partial charge in [-0.3, -0.25) is 0 Å². The van der Waals surface area contributed by atoms with E-state index >= 15 is 0 Å². The Morgan fingerprint density at radius 3 is 2.36 bits per heavy atom. The van der Waals surface area contributed by atoms with Gasteiger partial charge in [0.15, 0.2) is 0 Å². The molecule has 14 heavy (non-hydrogen) atoms. The lowest BCUT2D eigenvalue weighted by atomic mass is 10.2. The third-order valence-corrected chi connectivity index (χ3v) is 1.12. The largest absolute Gasteiger partial charge is 0.463 e. The maximum atomic E-state index is 11.1. The molecule has 0 heterocycles. The van der Waals surface area contributed by atoms with Crippen LogP contribution in [0.4, 0.5) is 0 Å². The summed E-state index contributed by atoms with van der Waals surface area (Å²) >= 11 is 0. The van der Waals surface area contributed by atoms with Crippen molar-refractivity contribution in [1.82, 2.24) is 0 Å². The van der Waals surface area contributed by atoms with Crippen molar-refractivity contribution in [3.63, 3.8) is 0 Å². The van der Waals surface area contributed by atoms with Gasteiger partial charge < -0.3 is 9.62 Å². The monoisotopic (exact) mass is 202 g/mol. The smallest absolute Gasteiger partial charge is 0.336 e. The zero-order chi connectivity index (χ0) is 11.2. The van der Waals surface area contributed by atoms with Gasteiger partial charge in [-0.25, -0.2) is 4.79 Å². The van der Waals surface area contributed by atoms with Crippen molar-refractivity contribution in [2.75, 3.05) is 6.61 Å². The van der Waals surface area contributed by atoms with Crippen molar-refractivity contribution < 1.29 is 19.3 Å². The Morgan fingerprint density at radius 2 is 1.93 bits per heavy atom. The highest BCUT2D eigenvalue weighted by atomic mass is 17.2. The Hall–Kier alpha value is -1.03. The van der Waals surface area contributed by atoms with Crippen LogP contribution >= 0.6 is 0 Å². The van der Waals surface area contributed by atoms with Crippen molar-refractivity contribution in [3.05, 3.63) is 11.8 Å². The van der Waals surface area contributed by atoms with Crippen LogP contribution in [0.5, 0.6) is 0 Å². The van der Waals surface area contributed by atoms with E-state index in [1.807, 2.05) is 20.8 Å². The summed E-state index contributed by atoms with van der Waals surface area (Å²) in [5.41, 5.74) is -0.0260. The maximum absolute atomic E-state index is 11.1. The summed E-state index contributed by atoms with van der Waals surface area (Å²) in [5.74, 6) is -0.398. The van der Waals surface area contributed by atoms with Crippen molar-refractivity contribution >= 4 is 5.97 Å². The molecule has 0 aliphatic heterocycles. The molecule has 0 fully saturated rings. The lowest BCUT2D eigenvalue weighted by Crippen LogP contribution is -2.18. The summed E-state index contributed by atoms with van der Waals surface area (Å²) in [6, 6.07) is 0. The van der Waals surface area contributed by atoms with Gasteiger partial charge in [0, 0.05) is 0 Å². The first kappa shape index (κ1) is 13.0. The molecule has 0 unspecified atom stereocenters. The minimum Gasteiger partial charge on any atom is -0.463 e. The van der Waals surface area contributed by atoms with Crippen molar-refractivity contribution in [3.8, 4) is 0 Å². The molecule has 4 nitrogen and oxygen atoms in total. The fraction of sp³-hybridized carbons (Fsp3) is 0.700. The van der Waals surface area contributed by atoms with Crippen LogP contribution in [0, 0.1) is 0 Å². The fourth-order valence-corrected chi connectivity index (χ4v) is 0.534. The second-order valence-corrected chi connectivity index (χ2v) is 3.81. The molecule has 4 heteroatoms. The molecule has 0 amide bonds. The number of hydrogen-bond donors (Lipinski definition) is 0. The van der Waals surface area contributed by atoms with Crippen LogP contribution in [0.3, 0.4) is 0 Å². The lowest BCUT2D eigenvalue weighted by Gasteiger charge is -2.15. The van der Waals surface area contributed by atoms with Crippen molar-refractivity contribution in [2.45, 2.75) is 40.2 Å². The van der Waals surface area contributed by atoms with E-state index in [4.69, 9.17) is 14.5 Å². The molecule has 0 aliphatic carbocycles. The van der Waals surface area contributed by atoms with E-state index in [1.165, 1.54) is 6.26 Å². The number of esters is 1. The van der Waals surface area contributed by atoms with Gasteiger partial charge in [0.25, 0.3) is 0 Å². The first-order chi connectivity index (χ1) is 6.37. The van der Waals surface area contributed by atoms with Crippen LogP contribution in [0.15, 0.2) is 11.8 Å². The fourth-order valence-electron chi connectivity index (χ4n) is 0.534. The molecule has 0 aliphatic rings. The quantitative estimate of drug-likeness (QED) is 0.230. The highest BCUT2D eigenvalue weighted by molar-refractivity contribution is 5.87. The normalized spacial score (nSPS) is 12.5. The minimum absolute atomic E-state index is 0.351. The van der Waals surface area contributed by atoms with Gasteiger partial charge in [0.1, 0.15) is 11.9 Å². The Kier molecular flexibility index (Phi) is 5.23. The number of ether oxygens (including phenoxy) is 1. The van der Waals surface area contributed by atoms with Crippen LogP contribution in [0.2, 0.25) is 0 Å². The van der Waals surface area contributed by atoms with E-state index in [0.29, 0.717) is 12.2 Å². The van der Waals surface area contributed by atoms with E-state index in [-0.39, 0.29) is 0 Å². The molecule has 0 spiro atoms. The molecule has 0 aromatic carbocycles. The third kappa shape index (κ3) is 6.48. The van der Waals surface area contributed by atoms with Crippen LogP contribution < -0.4 is 0 Å². The van der Waals surface area contributed by atoms with E-state index in [9.17, 15) is 4.79 Å². The average molecular weight is 202 g/mol. The Bertz CT molecular complexity index is 213. The summed E-state index contributed by atoms with van der Waals surface area (Å²) in [4.78, 5) is 20.8. The van der Waals surface area contributed by atoms with Crippen molar-refractivity contribution in [1.29, 1.82) is 0 Å². The molecule has 82 valence electrons. The highest BCUT2D eigenvalue weighted by Gasteiger charge is 2.12. The zero-order valence-electron chi connectivity index (χ0n) is 9.42. The predicted molar refractivity (Wildman–Crippen MR) is 52.3 cm³/mol. The molecule has 0 saturated heterocycles. The molecular weight excluding hydrogens is 184 g/mol. The Labute approximate surface area is 84.8 Å². The van der Waals surface area contributed by atoms with Crippen LogP contribution in [-0.4, -0.2) is 18.2 Å². The lowest BCUT2D eigenvalue weighted by molar-refractivity contribution is -0.310. The number of carbonyl (C=O) groups excluding carboxylic acids is 1. The first-order valence-electron chi connectivity index (χ1n) is 4.55.